The lowest BCUT2D eigenvalue weighted by Crippen LogP contribution is -2.23. The predicted octanol–water partition coefficient (Wildman–Crippen LogP) is 3.65. The van der Waals surface area contributed by atoms with E-state index in [1.807, 2.05) is 35.3 Å². The maximum absolute atomic E-state index is 4.59. The van der Waals surface area contributed by atoms with Crippen molar-refractivity contribution in [3.05, 3.63) is 30.9 Å². The van der Waals surface area contributed by atoms with Crippen LogP contribution in [0.15, 0.2) is 36.0 Å². The van der Waals surface area contributed by atoms with Gasteiger partial charge in [0.1, 0.15) is 0 Å². The molecule has 0 atom stereocenters. The molecule has 1 aliphatic carbocycles. The smallest absolute Gasteiger partial charge is 0.187 e. The molecule has 6 nitrogen and oxygen atoms in total. The lowest BCUT2D eigenvalue weighted by Gasteiger charge is -2.23. The van der Waals surface area contributed by atoms with Crippen LogP contribution in [0, 0.1) is 0 Å². The molecule has 0 radical (unpaired) electrons. The first-order valence-corrected chi connectivity index (χ1v) is 9.53. The van der Waals surface area contributed by atoms with Crippen molar-refractivity contribution in [3.63, 3.8) is 0 Å². The van der Waals surface area contributed by atoms with Crippen molar-refractivity contribution in [2.45, 2.75) is 43.3 Å². The van der Waals surface area contributed by atoms with E-state index in [0.29, 0.717) is 6.04 Å². The number of aromatic nitrogens is 5. The maximum Gasteiger partial charge on any atom is 0.187 e. The zero-order valence-corrected chi connectivity index (χ0v) is 14.5. The number of anilines is 1. The lowest BCUT2D eigenvalue weighted by atomic mass is 9.95. The highest BCUT2D eigenvalue weighted by Crippen LogP contribution is 2.25. The molecule has 1 saturated carbocycles. The van der Waals surface area contributed by atoms with Crippen LogP contribution in [0.5, 0.6) is 0 Å². The Kier molecular flexibility index (Phi) is 4.34. The second-order valence-corrected chi connectivity index (χ2v) is 6.79. The third-order valence-electron chi connectivity index (χ3n) is 4.45. The Hall–Kier alpha value is -2.15. The van der Waals surface area contributed by atoms with Gasteiger partial charge in [0.25, 0.3) is 0 Å². The van der Waals surface area contributed by atoms with Gasteiger partial charge in [-0.2, -0.15) is 0 Å². The van der Waals surface area contributed by atoms with Crippen molar-refractivity contribution in [1.29, 1.82) is 0 Å². The Morgan fingerprint density at radius 2 is 2.00 bits per heavy atom. The van der Waals surface area contributed by atoms with Crippen molar-refractivity contribution in [3.8, 4) is 11.4 Å². The molecular weight excluding hydrogens is 320 g/mol. The van der Waals surface area contributed by atoms with Crippen LogP contribution in [0.3, 0.4) is 0 Å². The summed E-state index contributed by atoms with van der Waals surface area (Å²) in [6, 6.07) is 2.41. The summed E-state index contributed by atoms with van der Waals surface area (Å²) in [6.07, 6.45) is 15.7. The Balaban J connectivity index is 1.70. The van der Waals surface area contributed by atoms with Gasteiger partial charge in [-0.3, -0.25) is 4.40 Å². The molecule has 3 heterocycles. The molecule has 7 heteroatoms. The van der Waals surface area contributed by atoms with Crippen LogP contribution in [0.4, 0.5) is 5.82 Å². The van der Waals surface area contributed by atoms with E-state index in [-0.39, 0.29) is 0 Å². The minimum absolute atomic E-state index is 0.500. The largest absolute Gasteiger partial charge is 0.364 e. The number of imidazole rings is 1. The highest BCUT2D eigenvalue weighted by molar-refractivity contribution is 7.98. The fourth-order valence-electron chi connectivity index (χ4n) is 3.23. The quantitative estimate of drug-likeness (QED) is 0.577. The van der Waals surface area contributed by atoms with Crippen molar-refractivity contribution in [2.24, 2.45) is 0 Å². The molecular formula is C17H20N6S. The number of hydrogen-bond donors (Lipinski definition) is 1. The van der Waals surface area contributed by atoms with Gasteiger partial charge < -0.3 is 5.32 Å². The monoisotopic (exact) mass is 340 g/mol. The number of rotatable bonds is 4. The minimum atomic E-state index is 0.500. The van der Waals surface area contributed by atoms with Crippen LogP contribution in [-0.4, -0.2) is 36.6 Å². The molecule has 0 saturated heterocycles. The number of nitrogens with zero attached hydrogens (tertiary/aromatic N) is 5. The van der Waals surface area contributed by atoms with E-state index in [0.717, 1.165) is 28.0 Å². The van der Waals surface area contributed by atoms with Crippen LogP contribution in [0.25, 0.3) is 17.0 Å². The van der Waals surface area contributed by atoms with E-state index in [9.17, 15) is 0 Å². The average Bonchev–Trinajstić information content (AvgIpc) is 3.08. The summed E-state index contributed by atoms with van der Waals surface area (Å²) < 4.78 is 2.05. The van der Waals surface area contributed by atoms with Crippen molar-refractivity contribution in [2.75, 3.05) is 11.6 Å². The number of thioether (sulfide) groups is 1. The summed E-state index contributed by atoms with van der Waals surface area (Å²) in [6.45, 7) is 0. The molecule has 1 aliphatic rings. The summed E-state index contributed by atoms with van der Waals surface area (Å²) in [4.78, 5) is 17.9. The van der Waals surface area contributed by atoms with E-state index >= 15 is 0 Å². The van der Waals surface area contributed by atoms with E-state index in [4.69, 9.17) is 0 Å². The Morgan fingerprint density at radius 3 is 2.83 bits per heavy atom. The first-order chi connectivity index (χ1) is 11.8. The highest BCUT2D eigenvalue weighted by Gasteiger charge is 2.17. The van der Waals surface area contributed by atoms with Crippen LogP contribution >= 0.6 is 11.8 Å². The van der Waals surface area contributed by atoms with E-state index < -0.39 is 0 Å². The van der Waals surface area contributed by atoms with Gasteiger partial charge in [0.05, 0.1) is 17.6 Å². The molecule has 0 aliphatic heterocycles. The molecule has 124 valence electrons. The summed E-state index contributed by atoms with van der Waals surface area (Å²) in [7, 11) is 0. The second kappa shape index (κ2) is 6.76. The van der Waals surface area contributed by atoms with Crippen LogP contribution in [-0.2, 0) is 0 Å². The molecule has 0 bridgehead atoms. The number of nitrogens with one attached hydrogen (secondary N) is 1. The van der Waals surface area contributed by atoms with Crippen molar-refractivity contribution in [1.82, 2.24) is 24.3 Å². The van der Waals surface area contributed by atoms with Crippen LogP contribution in [0.2, 0.25) is 0 Å². The second-order valence-electron chi connectivity index (χ2n) is 6.02. The molecule has 3 aromatic rings. The van der Waals surface area contributed by atoms with Gasteiger partial charge in [-0.15, -0.1) is 0 Å². The minimum Gasteiger partial charge on any atom is -0.364 e. The van der Waals surface area contributed by atoms with E-state index in [2.05, 4.69) is 25.3 Å². The zero-order chi connectivity index (χ0) is 16.4. The standard InChI is InChI=1S/C17H20N6S/c1-24-17-19-8-7-13(22-17)14-11-20-16-15(18-9-10-23(14)16)21-12-5-3-2-4-6-12/h7-12H,2-6H2,1H3,(H,18,21). The van der Waals surface area contributed by atoms with Gasteiger partial charge in [0.2, 0.25) is 0 Å². The third kappa shape index (κ3) is 2.96. The number of fused-ring (bicyclic) bond motifs is 1. The molecule has 24 heavy (non-hydrogen) atoms. The summed E-state index contributed by atoms with van der Waals surface area (Å²) in [5.74, 6) is 0.856. The molecule has 0 aromatic carbocycles. The molecule has 0 unspecified atom stereocenters. The van der Waals surface area contributed by atoms with E-state index in [1.165, 1.54) is 43.9 Å². The van der Waals surface area contributed by atoms with Gasteiger partial charge in [-0.25, -0.2) is 19.9 Å². The van der Waals surface area contributed by atoms with Gasteiger partial charge in [0, 0.05) is 24.6 Å². The molecule has 1 N–H and O–H groups in total. The zero-order valence-electron chi connectivity index (χ0n) is 13.6. The number of hydrogen-bond acceptors (Lipinski definition) is 6. The Labute approximate surface area is 145 Å². The topological polar surface area (TPSA) is 68.0 Å². The molecule has 3 aromatic heterocycles. The van der Waals surface area contributed by atoms with Crippen LogP contribution in [0.1, 0.15) is 32.1 Å². The maximum atomic E-state index is 4.59. The van der Waals surface area contributed by atoms with E-state index in [1.54, 1.807) is 6.20 Å². The summed E-state index contributed by atoms with van der Waals surface area (Å²) >= 11 is 1.54. The lowest BCUT2D eigenvalue weighted by molar-refractivity contribution is 0.462. The van der Waals surface area contributed by atoms with Gasteiger partial charge in [-0.1, -0.05) is 31.0 Å². The molecule has 1 fully saturated rings. The summed E-state index contributed by atoms with van der Waals surface area (Å²) in [5.41, 5.74) is 2.68. The molecule has 4 rings (SSSR count). The van der Waals surface area contributed by atoms with Gasteiger partial charge >= 0.3 is 0 Å². The fraction of sp³-hybridized carbons (Fsp3) is 0.412. The molecule has 0 spiro atoms. The molecule has 0 amide bonds. The highest BCUT2D eigenvalue weighted by atomic mass is 32.2. The first-order valence-electron chi connectivity index (χ1n) is 8.31. The SMILES string of the molecule is CSc1nccc(-c2cnc3c(NC4CCCCC4)nccn23)n1. The Bertz CT molecular complexity index is 840. The first kappa shape index (κ1) is 15.4. The summed E-state index contributed by atoms with van der Waals surface area (Å²) in [5, 5.41) is 4.34. The Morgan fingerprint density at radius 1 is 1.12 bits per heavy atom. The third-order valence-corrected chi connectivity index (χ3v) is 5.01. The predicted molar refractivity (Wildman–Crippen MR) is 96.3 cm³/mol. The normalized spacial score (nSPS) is 15.7. The average molecular weight is 340 g/mol. The van der Waals surface area contributed by atoms with Crippen molar-refractivity contribution >= 4 is 23.2 Å². The van der Waals surface area contributed by atoms with Crippen LogP contribution < -0.4 is 5.32 Å². The fourth-order valence-corrected chi connectivity index (χ4v) is 3.59. The van der Waals surface area contributed by atoms with Gasteiger partial charge in [-0.05, 0) is 25.2 Å². The van der Waals surface area contributed by atoms with Gasteiger partial charge in [0.15, 0.2) is 16.6 Å². The van der Waals surface area contributed by atoms with Crippen molar-refractivity contribution < 1.29 is 0 Å².